The van der Waals surface area contributed by atoms with E-state index in [2.05, 4.69) is 32.2 Å². The molecule has 1 aromatic heterocycles. The Labute approximate surface area is 180 Å². The van der Waals surface area contributed by atoms with Gasteiger partial charge in [-0.05, 0) is 54.5 Å². The molecule has 1 heterocycles. The molecule has 7 nitrogen and oxygen atoms in total. The Morgan fingerprint density at radius 2 is 2.10 bits per heavy atom. The zero-order chi connectivity index (χ0) is 22.1. The second kappa shape index (κ2) is 8.17. The number of allylic oxidation sites excluding steroid dienone is 1. The van der Waals surface area contributed by atoms with Crippen LogP contribution in [0.2, 0.25) is 0 Å². The topological polar surface area (TPSA) is 115 Å². The summed E-state index contributed by atoms with van der Waals surface area (Å²) >= 11 is 0. The Hall–Kier alpha value is -3.76. The molecule has 1 aliphatic carbocycles. The van der Waals surface area contributed by atoms with Crippen LogP contribution in [0, 0.1) is 13.5 Å². The monoisotopic (exact) mass is 412 g/mol. The van der Waals surface area contributed by atoms with E-state index in [4.69, 9.17) is 18.0 Å². The summed E-state index contributed by atoms with van der Waals surface area (Å²) in [5.41, 5.74) is 17.9. The van der Waals surface area contributed by atoms with Crippen molar-refractivity contribution in [3.05, 3.63) is 86.3 Å². The number of aliphatic imine (C=N–C) groups is 1. The highest BCUT2D eigenvalue weighted by molar-refractivity contribution is 6.33. The number of hydrogen-bond acceptors (Lipinski definition) is 5. The van der Waals surface area contributed by atoms with Crippen LogP contribution in [0.3, 0.4) is 0 Å². The lowest BCUT2D eigenvalue weighted by Crippen LogP contribution is -2.14. The maximum Gasteiger partial charge on any atom is 0.272 e. The number of nitrogens with two attached hydrogens (primary N) is 2. The third kappa shape index (κ3) is 3.62. The number of aromatic nitrogens is 2. The molecule has 3 aromatic rings. The molecule has 7 heteroatoms. The van der Waals surface area contributed by atoms with Crippen molar-refractivity contribution in [2.45, 2.75) is 32.2 Å². The third-order valence-electron chi connectivity index (χ3n) is 5.76. The minimum absolute atomic E-state index is 0.192. The molecule has 156 valence electrons. The van der Waals surface area contributed by atoms with Crippen molar-refractivity contribution in [1.29, 1.82) is 0 Å². The van der Waals surface area contributed by atoms with Crippen molar-refractivity contribution < 1.29 is 0 Å². The van der Waals surface area contributed by atoms with Crippen molar-refractivity contribution in [2.24, 2.45) is 16.5 Å². The molecule has 0 atom stereocenters. The Morgan fingerprint density at radius 3 is 2.71 bits per heavy atom. The highest BCUT2D eigenvalue weighted by Gasteiger charge is 2.26. The van der Waals surface area contributed by atoms with Gasteiger partial charge >= 0.3 is 0 Å². The van der Waals surface area contributed by atoms with Crippen LogP contribution in [-0.4, -0.2) is 23.0 Å². The zero-order valence-electron chi connectivity index (χ0n) is 17.6. The van der Waals surface area contributed by atoms with Crippen LogP contribution in [0.15, 0.2) is 46.3 Å². The van der Waals surface area contributed by atoms with Gasteiger partial charge in [-0.3, -0.25) is 9.79 Å². The second-order valence-electron chi connectivity index (χ2n) is 7.74. The number of nitrogens with one attached hydrogen (secondary N) is 1. The molecule has 2 aromatic carbocycles. The van der Waals surface area contributed by atoms with Gasteiger partial charge in [0.25, 0.3) is 5.56 Å². The molecule has 1 saturated carbocycles. The number of hydrogen-bond donors (Lipinski definition) is 3. The Morgan fingerprint density at radius 1 is 1.32 bits per heavy atom. The number of aryl methyl sites for hydroxylation is 1. The minimum atomic E-state index is -0.274. The minimum Gasteiger partial charge on any atom is -0.404 e. The summed E-state index contributed by atoms with van der Waals surface area (Å²) in [5, 5.41) is 7.73. The number of aromatic amines is 1. The van der Waals surface area contributed by atoms with Crippen LogP contribution in [0.1, 0.15) is 46.7 Å². The van der Waals surface area contributed by atoms with Gasteiger partial charge in [-0.25, -0.2) is 9.94 Å². The fourth-order valence-electron chi connectivity index (χ4n) is 4.03. The maximum absolute atomic E-state index is 12.2. The normalized spacial score (nSPS) is 14.6. The molecule has 0 unspecified atom stereocenters. The number of nitrogens with zero attached hydrogens (tertiary/aromatic N) is 3. The highest BCUT2D eigenvalue weighted by Crippen LogP contribution is 2.43. The van der Waals surface area contributed by atoms with E-state index in [1.54, 1.807) is 13.1 Å². The number of H-pyrrole nitrogens is 1. The number of benzene rings is 2. The van der Waals surface area contributed by atoms with E-state index in [1.165, 1.54) is 24.6 Å². The molecule has 0 spiro atoms. The van der Waals surface area contributed by atoms with Crippen LogP contribution >= 0.6 is 0 Å². The van der Waals surface area contributed by atoms with E-state index in [1.807, 2.05) is 19.1 Å². The van der Waals surface area contributed by atoms with Crippen molar-refractivity contribution in [3.8, 4) is 0 Å². The summed E-state index contributed by atoms with van der Waals surface area (Å²) in [6.07, 6.45) is 3.84. The largest absolute Gasteiger partial charge is 0.404 e. The fourth-order valence-corrected chi connectivity index (χ4v) is 4.03. The first kappa shape index (κ1) is 20.5. The lowest BCUT2D eigenvalue weighted by molar-refractivity contribution is 0.900. The first-order valence-corrected chi connectivity index (χ1v) is 10.2. The van der Waals surface area contributed by atoms with Gasteiger partial charge in [0.1, 0.15) is 0 Å². The van der Waals surface area contributed by atoms with Gasteiger partial charge in [0.2, 0.25) is 0 Å². The highest BCUT2D eigenvalue weighted by atomic mass is 16.1. The first-order chi connectivity index (χ1) is 15.0. The Balaban J connectivity index is 1.90. The summed E-state index contributed by atoms with van der Waals surface area (Å²) in [6, 6.07) is 9.61. The van der Waals surface area contributed by atoms with Crippen LogP contribution in [-0.2, 0) is 6.54 Å². The maximum atomic E-state index is 12.2. The quantitative estimate of drug-likeness (QED) is 0.439. The molecule has 0 saturated heterocycles. The van der Waals surface area contributed by atoms with E-state index in [0.717, 1.165) is 16.7 Å². The van der Waals surface area contributed by atoms with E-state index in [-0.39, 0.29) is 12.1 Å². The van der Waals surface area contributed by atoms with Gasteiger partial charge < -0.3 is 11.5 Å². The Bertz CT molecular complexity index is 1340. The number of fused-ring (bicyclic) bond motifs is 1. The summed E-state index contributed by atoms with van der Waals surface area (Å²) in [6.45, 7) is 9.89. The second-order valence-corrected chi connectivity index (χ2v) is 7.74. The van der Waals surface area contributed by atoms with E-state index >= 15 is 0 Å². The van der Waals surface area contributed by atoms with Crippen LogP contribution in [0.4, 0.5) is 5.69 Å². The van der Waals surface area contributed by atoms with E-state index < -0.39 is 0 Å². The van der Waals surface area contributed by atoms with Crippen molar-refractivity contribution in [3.63, 3.8) is 0 Å². The predicted molar refractivity (Wildman–Crippen MR) is 124 cm³/mol. The van der Waals surface area contributed by atoms with Gasteiger partial charge in [0.05, 0.1) is 23.4 Å². The summed E-state index contributed by atoms with van der Waals surface area (Å²) in [7, 11) is 1.70. The van der Waals surface area contributed by atoms with Crippen LogP contribution in [0.5, 0.6) is 0 Å². The zero-order valence-corrected chi connectivity index (χ0v) is 17.6. The standard InChI is InChI=1S/C24H24N6O/c1-13-8-16(14-4-5-14)10-19(22(13)27-2)23(28-3)20(11-25)15-6-7-17-18(9-15)21(12-26)29-30-24(17)31/h6-11,14H,4-5,12,25-26H2,1,3H3,(H,30,31)/b20-11-,28-23?. The fraction of sp³-hybridized carbons (Fsp3) is 0.250. The smallest absolute Gasteiger partial charge is 0.272 e. The lowest BCUT2D eigenvalue weighted by atomic mass is 9.90. The van der Waals surface area contributed by atoms with Crippen molar-refractivity contribution in [1.82, 2.24) is 10.2 Å². The van der Waals surface area contributed by atoms with Gasteiger partial charge in [-0.15, -0.1) is 0 Å². The molecule has 0 bridgehead atoms. The third-order valence-corrected chi connectivity index (χ3v) is 5.76. The summed E-state index contributed by atoms with van der Waals surface area (Å²) < 4.78 is 0. The average Bonchev–Trinajstić information content (AvgIpc) is 3.62. The molecular formula is C24H24N6O. The molecule has 1 fully saturated rings. The average molecular weight is 412 g/mol. The van der Waals surface area contributed by atoms with Gasteiger partial charge in [-0.2, -0.15) is 5.10 Å². The van der Waals surface area contributed by atoms with E-state index in [9.17, 15) is 4.79 Å². The molecular weight excluding hydrogens is 388 g/mol. The molecule has 4 rings (SSSR count). The predicted octanol–water partition coefficient (Wildman–Crippen LogP) is 3.54. The lowest BCUT2D eigenvalue weighted by Gasteiger charge is -2.16. The van der Waals surface area contributed by atoms with Gasteiger partial charge in [-0.1, -0.05) is 18.2 Å². The molecule has 5 N–H and O–H groups in total. The molecule has 31 heavy (non-hydrogen) atoms. The van der Waals surface area contributed by atoms with E-state index in [0.29, 0.717) is 39.4 Å². The van der Waals surface area contributed by atoms with Gasteiger partial charge in [0, 0.05) is 36.3 Å². The van der Waals surface area contributed by atoms with Crippen LogP contribution < -0.4 is 17.0 Å². The molecule has 1 aliphatic rings. The van der Waals surface area contributed by atoms with Crippen molar-refractivity contribution in [2.75, 3.05) is 7.05 Å². The van der Waals surface area contributed by atoms with Crippen molar-refractivity contribution >= 4 is 27.7 Å². The number of rotatable bonds is 5. The van der Waals surface area contributed by atoms with Gasteiger partial charge in [0.15, 0.2) is 5.69 Å². The first-order valence-electron chi connectivity index (χ1n) is 10.2. The molecule has 0 amide bonds. The Kier molecular flexibility index (Phi) is 5.40. The SMILES string of the molecule is [C-]#[N+]c1c(C)cc(C2CC2)cc1C(=NC)/C(=C\N)c1ccc2c(=O)[nH]nc(CN)c2c1. The molecule has 0 radical (unpaired) electrons. The summed E-state index contributed by atoms with van der Waals surface area (Å²) in [4.78, 5) is 20.5. The summed E-state index contributed by atoms with van der Waals surface area (Å²) in [5.74, 6) is 0.547. The molecule has 0 aliphatic heterocycles. The van der Waals surface area contributed by atoms with Crippen LogP contribution in [0.25, 0.3) is 21.2 Å².